The number of aliphatic hydroxyl groups is 1. The van der Waals surface area contributed by atoms with Gasteiger partial charge in [-0.05, 0) is 148 Å². The Morgan fingerprint density at radius 3 is 0.768 bits per heavy atom. The molecule has 0 aromatic rings. The van der Waals surface area contributed by atoms with Crippen LogP contribution in [0.4, 0.5) is 0 Å². The van der Waals surface area contributed by atoms with Gasteiger partial charge in [-0.15, -0.1) is 0 Å². The van der Waals surface area contributed by atoms with Crippen LogP contribution in [-0.2, 0) is 65.4 Å². The molecule has 0 rings (SSSR count). The first-order chi connectivity index (χ1) is 54.7. The summed E-state index contributed by atoms with van der Waals surface area (Å²) in [5, 5.41) is 10.7. The predicted octanol–water partition coefficient (Wildman–Crippen LogP) is 25.7. The highest BCUT2D eigenvalue weighted by Crippen LogP contribution is 2.45. The molecular weight excluding hydrogens is 1450 g/mol. The standard InChI is InChI=1S/C93H150O17P2/c1-5-9-13-17-21-25-29-33-37-40-43-46-50-54-58-62-66-70-74-78-91(96)104-84-89(110-93(98)80-76-72-68-64-60-56-52-48-45-42-39-35-31-27-23-19-15-11-7-3)86-108-112(101,102)106-82-87(94)81-105-111(99,100)107-85-88(83-103-90(95)77-73-69-65-61-57-53-49-36-32-28-24-20-16-12-8-4)109-92(97)79-75-71-67-63-59-55-51-47-44-41-38-34-30-26-22-18-14-10-6-2/h9-10,13-14,21-23,25-27,33-35,37-39,43-48,54-56,58-60,67-68,71-72,87-89,94H,5-8,11-12,15-20,24,28-32,36,40-42,49-53,57,61-66,69-70,73-86H2,1-4H3,(H,99,100)(H,101,102)/b13-9-,14-10-,25-21-,26-22-,27-23-,37-33-,38-34-,39-35-,46-43-,47-44-,48-45-,58-54-,59-55-,60-56-,71-67-,72-68-/t87-,88+,89+/m0/s1. The van der Waals surface area contributed by atoms with Gasteiger partial charge in [-0.2, -0.15) is 0 Å². The number of unbranched alkanes of at least 4 members (excludes halogenated alkanes) is 20. The number of esters is 4. The maximum atomic E-state index is 13.1. The molecule has 5 atom stereocenters. The highest BCUT2D eigenvalue weighted by atomic mass is 31.2. The van der Waals surface area contributed by atoms with Crippen molar-refractivity contribution in [3.05, 3.63) is 194 Å². The Morgan fingerprint density at radius 1 is 0.259 bits per heavy atom. The zero-order valence-corrected chi connectivity index (χ0v) is 71.3. The van der Waals surface area contributed by atoms with Crippen LogP contribution in [0.15, 0.2) is 194 Å². The molecule has 0 amide bonds. The Balaban J connectivity index is 5.57. The van der Waals surface area contributed by atoms with E-state index in [1.807, 2.05) is 36.5 Å². The highest BCUT2D eigenvalue weighted by molar-refractivity contribution is 7.47. The first kappa shape index (κ1) is 106. The van der Waals surface area contributed by atoms with Gasteiger partial charge >= 0.3 is 39.5 Å². The average Bonchev–Trinajstić information content (AvgIpc) is 0.897. The van der Waals surface area contributed by atoms with E-state index in [0.29, 0.717) is 38.5 Å². The lowest BCUT2D eigenvalue weighted by Crippen LogP contribution is -2.30. The molecule has 0 heterocycles. The summed E-state index contributed by atoms with van der Waals surface area (Å²) < 4.78 is 68.6. The van der Waals surface area contributed by atoms with Crippen molar-refractivity contribution in [2.75, 3.05) is 39.6 Å². The molecule has 0 aromatic carbocycles. The average molecular weight is 1600 g/mol. The van der Waals surface area contributed by atoms with E-state index in [2.05, 4.69) is 186 Å². The second-order valence-corrected chi connectivity index (χ2v) is 30.6. The van der Waals surface area contributed by atoms with Gasteiger partial charge in [-0.3, -0.25) is 37.3 Å². The van der Waals surface area contributed by atoms with Gasteiger partial charge in [0.15, 0.2) is 12.2 Å². The van der Waals surface area contributed by atoms with Gasteiger partial charge in [0.25, 0.3) is 0 Å². The molecule has 0 saturated heterocycles. The number of phosphoric ester groups is 2. The van der Waals surface area contributed by atoms with E-state index in [4.69, 9.17) is 37.0 Å². The Labute approximate surface area is 678 Å². The molecule has 19 heteroatoms. The maximum Gasteiger partial charge on any atom is 0.472 e. The summed E-state index contributed by atoms with van der Waals surface area (Å²) >= 11 is 0. The lowest BCUT2D eigenvalue weighted by atomic mass is 10.0. The second kappa shape index (κ2) is 82.9. The third-order valence-electron chi connectivity index (χ3n) is 17.1. The minimum Gasteiger partial charge on any atom is -0.462 e. The number of allylic oxidation sites excluding steroid dienone is 32. The van der Waals surface area contributed by atoms with Crippen LogP contribution in [0, 0.1) is 0 Å². The number of rotatable bonds is 78. The van der Waals surface area contributed by atoms with Crippen LogP contribution in [0.2, 0.25) is 0 Å². The normalized spacial score (nSPS) is 14.7. The molecule has 0 aliphatic carbocycles. The molecule has 0 aromatic heterocycles. The quantitative estimate of drug-likeness (QED) is 0.0169. The smallest absolute Gasteiger partial charge is 0.462 e. The van der Waals surface area contributed by atoms with Crippen molar-refractivity contribution in [1.82, 2.24) is 0 Å². The van der Waals surface area contributed by atoms with Crippen LogP contribution in [0.25, 0.3) is 0 Å². The third-order valence-corrected chi connectivity index (χ3v) is 19.0. The monoisotopic (exact) mass is 1600 g/mol. The lowest BCUT2D eigenvalue weighted by molar-refractivity contribution is -0.161. The Bertz CT molecular complexity index is 2890. The van der Waals surface area contributed by atoms with Gasteiger partial charge < -0.3 is 33.8 Å². The first-order valence-corrected chi connectivity index (χ1v) is 45.7. The number of aliphatic hydroxyl groups excluding tert-OH is 1. The van der Waals surface area contributed by atoms with Crippen molar-refractivity contribution in [2.24, 2.45) is 0 Å². The van der Waals surface area contributed by atoms with Crippen molar-refractivity contribution in [3.8, 4) is 0 Å². The molecular formula is C93H150O17P2. The highest BCUT2D eigenvalue weighted by Gasteiger charge is 2.30. The van der Waals surface area contributed by atoms with Crippen LogP contribution >= 0.6 is 15.6 Å². The number of ether oxygens (including phenoxy) is 4. The molecule has 3 N–H and O–H groups in total. The van der Waals surface area contributed by atoms with Crippen LogP contribution in [0.5, 0.6) is 0 Å². The van der Waals surface area contributed by atoms with E-state index in [9.17, 15) is 43.2 Å². The van der Waals surface area contributed by atoms with Gasteiger partial charge in [0.1, 0.15) is 19.3 Å². The van der Waals surface area contributed by atoms with Gasteiger partial charge in [0.2, 0.25) is 0 Å². The zero-order chi connectivity index (χ0) is 81.7. The first-order valence-electron chi connectivity index (χ1n) is 42.7. The van der Waals surface area contributed by atoms with E-state index in [0.717, 1.165) is 135 Å². The summed E-state index contributed by atoms with van der Waals surface area (Å²) in [5.41, 5.74) is 0. The second-order valence-electron chi connectivity index (χ2n) is 27.7. The molecule has 0 aliphatic rings. The Morgan fingerprint density at radius 2 is 0.482 bits per heavy atom. The Hall–Kier alpha value is -6.10. The van der Waals surface area contributed by atoms with E-state index >= 15 is 0 Å². The van der Waals surface area contributed by atoms with Crippen molar-refractivity contribution < 1.29 is 80.2 Å². The summed E-state index contributed by atoms with van der Waals surface area (Å²) in [7, 11) is -10.0. The van der Waals surface area contributed by atoms with E-state index < -0.39 is 97.5 Å². The molecule has 112 heavy (non-hydrogen) atoms. The fraction of sp³-hybridized carbons (Fsp3) is 0.613. The predicted molar refractivity (Wildman–Crippen MR) is 463 cm³/mol. The van der Waals surface area contributed by atoms with Crippen molar-refractivity contribution in [1.29, 1.82) is 0 Å². The van der Waals surface area contributed by atoms with Crippen molar-refractivity contribution in [3.63, 3.8) is 0 Å². The third kappa shape index (κ3) is 81.9. The molecule has 634 valence electrons. The van der Waals surface area contributed by atoms with Crippen LogP contribution in [0.3, 0.4) is 0 Å². The van der Waals surface area contributed by atoms with E-state index in [-0.39, 0.29) is 25.7 Å². The molecule has 17 nitrogen and oxygen atoms in total. The summed E-state index contributed by atoms with van der Waals surface area (Å²) in [5.74, 6) is -2.42. The topological polar surface area (TPSA) is 237 Å². The van der Waals surface area contributed by atoms with Gasteiger partial charge in [-0.1, -0.05) is 331 Å². The van der Waals surface area contributed by atoms with Crippen LogP contribution in [0.1, 0.15) is 310 Å². The molecule has 2 unspecified atom stereocenters. The summed E-state index contributed by atoms with van der Waals surface area (Å²) in [6.07, 6.45) is 103. The van der Waals surface area contributed by atoms with Gasteiger partial charge in [0.05, 0.1) is 26.4 Å². The van der Waals surface area contributed by atoms with Crippen molar-refractivity contribution >= 4 is 39.5 Å². The summed E-state index contributed by atoms with van der Waals surface area (Å²) in [6.45, 7) is 4.42. The lowest BCUT2D eigenvalue weighted by Gasteiger charge is -2.21. The Kier molecular flexibility index (Phi) is 78.4. The molecule has 0 aliphatic heterocycles. The van der Waals surface area contributed by atoms with E-state index in [1.165, 1.54) is 83.5 Å². The maximum absolute atomic E-state index is 13.1. The van der Waals surface area contributed by atoms with Gasteiger partial charge in [0, 0.05) is 25.7 Å². The number of phosphoric acid groups is 2. The summed E-state index contributed by atoms with van der Waals surface area (Å²) in [6, 6.07) is 0. The molecule has 0 spiro atoms. The molecule has 0 fully saturated rings. The fourth-order valence-corrected chi connectivity index (χ4v) is 12.2. The minimum atomic E-state index is -5.03. The largest absolute Gasteiger partial charge is 0.472 e. The number of carbonyl (C=O) groups is 4. The van der Waals surface area contributed by atoms with Crippen LogP contribution < -0.4 is 0 Å². The summed E-state index contributed by atoms with van der Waals surface area (Å²) in [4.78, 5) is 73.2. The fourth-order valence-electron chi connectivity index (χ4n) is 10.7. The van der Waals surface area contributed by atoms with Crippen molar-refractivity contribution in [2.45, 2.75) is 329 Å². The molecule has 0 radical (unpaired) electrons. The van der Waals surface area contributed by atoms with Crippen LogP contribution in [-0.4, -0.2) is 96.7 Å². The molecule has 0 bridgehead atoms. The minimum absolute atomic E-state index is 0.0380. The number of hydrogen-bond acceptors (Lipinski definition) is 15. The number of hydrogen-bond donors (Lipinski definition) is 3. The SMILES string of the molecule is CC/C=C\C/C=C\C/C=C\C/C=C\C/C=C\C/C=C\CCC(=O)O[C@H](COC(=O)CCCCCCCCCCCCCCCCC)COP(=O)(O)OC[C@H](O)COP(=O)(O)OC[C@@H](COC(=O)CCCCC/C=C\C/C=C\C/C=C\C/C=C\C/C=C\CC)OC(=O)CC/C=C\C/C=C\C/C=C\C/C=C\C/C=C\CCCCC. The van der Waals surface area contributed by atoms with E-state index in [1.54, 1.807) is 0 Å². The zero-order valence-electron chi connectivity index (χ0n) is 69.5. The van der Waals surface area contributed by atoms with Gasteiger partial charge in [-0.25, -0.2) is 9.13 Å². The molecule has 0 saturated carbocycles. The number of carbonyl (C=O) groups excluding carboxylic acids is 4.